The number of nitrogens with zero attached hydrogens (tertiary/aromatic N) is 1. The summed E-state index contributed by atoms with van der Waals surface area (Å²) in [7, 11) is -1.54. The molecule has 0 heterocycles. The van der Waals surface area contributed by atoms with Gasteiger partial charge in [0.1, 0.15) is 0 Å². The highest BCUT2D eigenvalue weighted by molar-refractivity contribution is 7.73. The molecule has 0 aliphatic carbocycles. The summed E-state index contributed by atoms with van der Waals surface area (Å²) in [5.41, 5.74) is 0. The maximum atomic E-state index is 13.7. The van der Waals surface area contributed by atoms with Crippen LogP contribution < -0.4 is 21.2 Å². The first-order valence-corrected chi connectivity index (χ1v) is 17.0. The lowest BCUT2D eigenvalue weighted by Crippen LogP contribution is -2.39. The molecular weight excluding hydrogens is 564 g/mol. The third kappa shape index (κ3) is 9.08. The number of aliphatic carboxylic acids is 2. The third-order valence-electron chi connectivity index (χ3n) is 7.00. The Bertz CT molecular complexity index is 1260. The quantitative estimate of drug-likeness (QED) is 0.194. The van der Waals surface area contributed by atoms with Gasteiger partial charge in [-0.05, 0) is 49.4 Å². The van der Waals surface area contributed by atoms with E-state index in [0.29, 0.717) is 25.4 Å². The molecule has 4 aromatic rings. The van der Waals surface area contributed by atoms with Crippen molar-refractivity contribution in [1.82, 2.24) is 4.90 Å². The van der Waals surface area contributed by atoms with Gasteiger partial charge in [-0.1, -0.05) is 121 Å². The molecule has 1 amide bonds. The first kappa shape index (κ1) is 31.1. The first-order chi connectivity index (χ1) is 20.4. The number of carbonyl (C=O) groups excluding carboxylic acids is 1. The second kappa shape index (κ2) is 16.0. The Morgan fingerprint density at radius 3 is 1.17 bits per heavy atom. The predicted octanol–water partition coefficient (Wildman–Crippen LogP) is 4.65. The average molecular weight is 600 g/mol. The first-order valence-electron chi connectivity index (χ1n) is 13.9. The minimum absolute atomic E-state index is 0.323. The van der Waals surface area contributed by atoms with Gasteiger partial charge in [-0.3, -0.25) is 14.4 Å². The van der Waals surface area contributed by atoms with Crippen LogP contribution in [0.3, 0.4) is 0 Å². The number of carboxylic acid groups (broad SMARTS) is 2. The molecule has 6 nitrogen and oxygen atoms in total. The largest absolute Gasteiger partial charge is 0.481 e. The summed E-state index contributed by atoms with van der Waals surface area (Å²) in [5.74, 6) is -4.09. The molecular formula is C34H35NO5P2. The van der Waals surface area contributed by atoms with Gasteiger partial charge < -0.3 is 15.1 Å². The Kier molecular flexibility index (Phi) is 11.8. The summed E-state index contributed by atoms with van der Waals surface area (Å²) in [6, 6.07) is 41.0. The monoisotopic (exact) mass is 599 g/mol. The third-order valence-corrected chi connectivity index (χ3v) is 12.0. The van der Waals surface area contributed by atoms with E-state index >= 15 is 0 Å². The Hall–Kier alpha value is -3.85. The van der Waals surface area contributed by atoms with Gasteiger partial charge in [0, 0.05) is 19.5 Å². The number of carbonyl (C=O) groups is 3. The molecule has 0 saturated carbocycles. The number of hydrogen-bond acceptors (Lipinski definition) is 3. The van der Waals surface area contributed by atoms with Crippen LogP contribution in [0.2, 0.25) is 0 Å². The van der Waals surface area contributed by atoms with E-state index in [-0.39, 0.29) is 12.3 Å². The van der Waals surface area contributed by atoms with Gasteiger partial charge >= 0.3 is 11.9 Å². The molecule has 0 saturated heterocycles. The Morgan fingerprint density at radius 2 is 0.881 bits per heavy atom. The highest BCUT2D eigenvalue weighted by Gasteiger charge is 2.28. The second-order valence-corrected chi connectivity index (χ2v) is 14.5. The van der Waals surface area contributed by atoms with E-state index in [4.69, 9.17) is 0 Å². The van der Waals surface area contributed by atoms with Crippen LogP contribution in [0.4, 0.5) is 0 Å². The lowest BCUT2D eigenvalue weighted by atomic mass is 10.0. The van der Waals surface area contributed by atoms with Gasteiger partial charge in [0.05, 0.1) is 12.3 Å². The van der Waals surface area contributed by atoms with Gasteiger partial charge in [-0.2, -0.15) is 0 Å². The molecule has 0 fully saturated rings. The lowest BCUT2D eigenvalue weighted by molar-refractivity contribution is -0.150. The van der Waals surface area contributed by atoms with Crippen LogP contribution in [-0.4, -0.2) is 58.4 Å². The fourth-order valence-corrected chi connectivity index (χ4v) is 9.49. The van der Waals surface area contributed by atoms with E-state index in [0.717, 1.165) is 0 Å². The number of amides is 1. The van der Waals surface area contributed by atoms with Crippen LogP contribution >= 0.6 is 15.8 Å². The van der Waals surface area contributed by atoms with Crippen LogP contribution in [0.1, 0.15) is 12.8 Å². The molecule has 0 radical (unpaired) electrons. The van der Waals surface area contributed by atoms with Crippen molar-refractivity contribution in [3.8, 4) is 0 Å². The van der Waals surface area contributed by atoms with Gasteiger partial charge in [0.25, 0.3) is 0 Å². The SMILES string of the molecule is O=C(O)CC(CC(=O)N(CCP(c1ccccc1)c1ccccc1)CCP(c1ccccc1)c1ccccc1)C(=O)O. The minimum Gasteiger partial charge on any atom is -0.481 e. The zero-order chi connectivity index (χ0) is 29.7. The molecule has 2 N–H and O–H groups in total. The van der Waals surface area contributed by atoms with Gasteiger partial charge in [0.15, 0.2) is 0 Å². The van der Waals surface area contributed by atoms with Crippen molar-refractivity contribution in [3.05, 3.63) is 121 Å². The van der Waals surface area contributed by atoms with Crippen LogP contribution in [0.25, 0.3) is 0 Å². The van der Waals surface area contributed by atoms with Crippen LogP contribution in [0, 0.1) is 5.92 Å². The standard InChI is InChI=1S/C34H35NO5P2/c36-32(25-27(34(39)40)26-33(37)38)35(21-23-41(28-13-5-1-6-14-28)29-15-7-2-8-16-29)22-24-42(30-17-9-3-10-18-30)31-19-11-4-12-20-31/h1-20,27H,21-26H2,(H,37,38)(H,39,40). The molecule has 0 aliphatic heterocycles. The summed E-state index contributed by atoms with van der Waals surface area (Å²) >= 11 is 0. The van der Waals surface area contributed by atoms with Crippen molar-refractivity contribution >= 4 is 54.9 Å². The van der Waals surface area contributed by atoms with E-state index in [1.54, 1.807) is 4.90 Å². The number of carboxylic acids is 2. The lowest BCUT2D eigenvalue weighted by Gasteiger charge is -2.29. The number of benzene rings is 4. The molecule has 42 heavy (non-hydrogen) atoms. The van der Waals surface area contributed by atoms with E-state index in [9.17, 15) is 24.6 Å². The topological polar surface area (TPSA) is 94.9 Å². The smallest absolute Gasteiger partial charge is 0.307 e. The van der Waals surface area contributed by atoms with Crippen molar-refractivity contribution in [1.29, 1.82) is 0 Å². The molecule has 0 spiro atoms. The zero-order valence-electron chi connectivity index (χ0n) is 23.3. The second-order valence-electron chi connectivity index (χ2n) is 9.86. The zero-order valence-corrected chi connectivity index (χ0v) is 25.1. The predicted molar refractivity (Wildman–Crippen MR) is 172 cm³/mol. The van der Waals surface area contributed by atoms with E-state index < -0.39 is 40.1 Å². The molecule has 4 aromatic carbocycles. The maximum Gasteiger partial charge on any atom is 0.307 e. The Morgan fingerprint density at radius 1 is 0.548 bits per heavy atom. The van der Waals surface area contributed by atoms with E-state index in [1.165, 1.54) is 21.2 Å². The molecule has 0 aliphatic rings. The maximum absolute atomic E-state index is 13.7. The number of rotatable bonds is 15. The molecule has 4 rings (SSSR count). The summed E-state index contributed by atoms with van der Waals surface area (Å²) in [6.45, 7) is 0.890. The van der Waals surface area contributed by atoms with Crippen molar-refractivity contribution in [2.45, 2.75) is 12.8 Å². The van der Waals surface area contributed by atoms with Crippen LogP contribution in [0.5, 0.6) is 0 Å². The summed E-state index contributed by atoms with van der Waals surface area (Å²) in [5, 5.41) is 23.7. The van der Waals surface area contributed by atoms with E-state index in [1.807, 2.05) is 72.8 Å². The van der Waals surface area contributed by atoms with Crippen molar-refractivity contribution in [2.75, 3.05) is 25.4 Å². The van der Waals surface area contributed by atoms with Crippen molar-refractivity contribution in [3.63, 3.8) is 0 Å². The Balaban J connectivity index is 1.60. The van der Waals surface area contributed by atoms with Gasteiger partial charge in [0.2, 0.25) is 5.91 Å². The van der Waals surface area contributed by atoms with Crippen LogP contribution in [0.15, 0.2) is 121 Å². The normalized spacial score (nSPS) is 11.8. The molecule has 1 atom stereocenters. The van der Waals surface area contributed by atoms with Gasteiger partial charge in [-0.15, -0.1) is 0 Å². The highest BCUT2D eigenvalue weighted by atomic mass is 31.1. The summed E-state index contributed by atoms with van der Waals surface area (Å²) in [6.07, 6.45) is 0.488. The Labute approximate surface area is 249 Å². The minimum atomic E-state index is -1.27. The van der Waals surface area contributed by atoms with Crippen molar-refractivity contribution < 1.29 is 24.6 Å². The molecule has 0 aromatic heterocycles. The molecule has 0 bridgehead atoms. The molecule has 1 unspecified atom stereocenters. The highest BCUT2D eigenvalue weighted by Crippen LogP contribution is 2.35. The number of hydrogen-bond donors (Lipinski definition) is 2. The molecule has 216 valence electrons. The summed E-state index contributed by atoms with van der Waals surface area (Å²) < 4.78 is 0. The van der Waals surface area contributed by atoms with Crippen molar-refractivity contribution in [2.24, 2.45) is 5.92 Å². The van der Waals surface area contributed by atoms with Gasteiger partial charge in [-0.25, -0.2) is 0 Å². The fourth-order valence-electron chi connectivity index (χ4n) is 4.85. The summed E-state index contributed by atoms with van der Waals surface area (Å²) in [4.78, 5) is 38.6. The average Bonchev–Trinajstić information content (AvgIpc) is 3.01. The van der Waals surface area contributed by atoms with Crippen LogP contribution in [-0.2, 0) is 14.4 Å². The fraction of sp³-hybridized carbons (Fsp3) is 0.206. The molecule has 8 heteroatoms. The van der Waals surface area contributed by atoms with E-state index in [2.05, 4.69) is 48.5 Å².